The lowest BCUT2D eigenvalue weighted by atomic mass is 9.44. The molecule has 0 spiro atoms. The number of carboxylic acid groups (broad SMARTS) is 5. The molecule has 6 bridgehead atoms. The first kappa shape index (κ1) is 59.1. The minimum absolute atomic E-state index is 0.00132. The van der Waals surface area contributed by atoms with Crippen LogP contribution in [0.3, 0.4) is 0 Å². The molecule has 9 aliphatic carbocycles. The predicted octanol–water partition coefficient (Wildman–Crippen LogP) is 13.5. The quantitative estimate of drug-likeness (QED) is 0.0501. The number of hydrogen-bond donors (Lipinski definition) is 6. The minimum Gasteiger partial charge on any atom is -0.496 e. The van der Waals surface area contributed by atoms with Crippen LogP contribution in [0.2, 0.25) is 0 Å². The average molecular weight is 1200 g/mol. The molecule has 452 valence electrons. The molecule has 18 rings (SSSR count). The number of methoxy groups -OCH3 is 1. The van der Waals surface area contributed by atoms with Crippen LogP contribution in [0.1, 0.15) is 170 Å². The fourth-order valence-electron chi connectivity index (χ4n) is 18.0. The summed E-state index contributed by atoms with van der Waals surface area (Å²) in [6.45, 7) is 2.53. The van der Waals surface area contributed by atoms with Crippen molar-refractivity contribution in [1.82, 2.24) is 0 Å². The molecule has 0 saturated carbocycles. The summed E-state index contributed by atoms with van der Waals surface area (Å²) in [6.07, 6.45) is 2.50. The summed E-state index contributed by atoms with van der Waals surface area (Å²) in [4.78, 5) is 58.4. The van der Waals surface area contributed by atoms with Crippen molar-refractivity contribution in [3.63, 3.8) is 0 Å². The van der Waals surface area contributed by atoms with Crippen molar-refractivity contribution in [2.24, 2.45) is 5.73 Å². The molecule has 12 nitrogen and oxygen atoms in total. The van der Waals surface area contributed by atoms with Gasteiger partial charge in [0, 0.05) is 65.9 Å². The van der Waals surface area contributed by atoms with E-state index in [1.165, 1.54) is 33.4 Å². The standard InChI is InChI=1S/C28H26O5.C26H22O4.C24H21NO2/c1-17-11-12-22(33-2)26-25(17)27(15-13-23(29)30)18-7-3-5-9-20(18)28(26,16-14-24(31)32)21-10-6-4-8-19(21)27;27-23(28)13-15-25-17-7-1-2-8-18(17)26(16-14-24(29)30,21-11-5-3-9-19(21)25)22-12-6-4-10-20(22)25;25-15-24-19-10-4-1-7-16(19)23(14-13-22(26)27,17-8-2-5-11-20(17)24)18-9-3-6-12-21(18)24/h3-12H,13-16H2,1-2H3,(H,29,30)(H,31,32);1-12H,13-16H2,(H,27,28)(H,29,30);1-12H,13-15,25H2,(H,26,27). The molecule has 0 heterocycles. The molecule has 9 aliphatic rings. The maximum absolute atomic E-state index is 11.8. The van der Waals surface area contributed by atoms with Gasteiger partial charge in [-0.05, 0) is 145 Å². The molecule has 9 aromatic carbocycles. The fraction of sp³-hybridized carbons (Fsp3) is 0.244. The summed E-state index contributed by atoms with van der Waals surface area (Å²) in [7, 11) is 1.64. The van der Waals surface area contributed by atoms with Gasteiger partial charge < -0.3 is 36.0 Å². The highest BCUT2D eigenvalue weighted by molar-refractivity contribution is 5.83. The Bertz CT molecular complexity index is 4050. The van der Waals surface area contributed by atoms with Gasteiger partial charge in [0.2, 0.25) is 0 Å². The molecule has 0 aliphatic heterocycles. The number of aryl methyl sites for hydroxylation is 1. The van der Waals surface area contributed by atoms with Gasteiger partial charge in [-0.1, -0.05) is 200 Å². The Morgan fingerprint density at radius 3 is 0.689 bits per heavy atom. The number of benzene rings is 9. The summed E-state index contributed by atoms with van der Waals surface area (Å²) in [5.41, 5.74) is 24.5. The molecule has 0 saturated heterocycles. The van der Waals surface area contributed by atoms with Gasteiger partial charge in [0.25, 0.3) is 0 Å². The van der Waals surface area contributed by atoms with Crippen molar-refractivity contribution in [1.29, 1.82) is 0 Å². The number of hydrogen-bond acceptors (Lipinski definition) is 7. The lowest BCUT2D eigenvalue weighted by Gasteiger charge is -2.57. The maximum atomic E-state index is 11.8. The molecule has 0 fully saturated rings. The summed E-state index contributed by atoms with van der Waals surface area (Å²) in [5, 5.41) is 47.9. The van der Waals surface area contributed by atoms with E-state index in [4.69, 9.17) is 10.5 Å². The van der Waals surface area contributed by atoms with E-state index in [1.54, 1.807) is 7.11 Å². The lowest BCUT2D eigenvalue weighted by molar-refractivity contribution is -0.138. The smallest absolute Gasteiger partial charge is 0.303 e. The van der Waals surface area contributed by atoms with Crippen molar-refractivity contribution < 1.29 is 54.2 Å². The maximum Gasteiger partial charge on any atom is 0.303 e. The van der Waals surface area contributed by atoms with Crippen molar-refractivity contribution in [2.75, 3.05) is 13.7 Å². The fourth-order valence-corrected chi connectivity index (χ4v) is 18.0. The van der Waals surface area contributed by atoms with Crippen LogP contribution in [0.25, 0.3) is 0 Å². The molecule has 9 aromatic rings. The zero-order valence-corrected chi connectivity index (χ0v) is 50.2. The van der Waals surface area contributed by atoms with Gasteiger partial charge in [-0.25, -0.2) is 0 Å². The second-order valence-corrected chi connectivity index (χ2v) is 24.8. The van der Waals surface area contributed by atoms with Crippen LogP contribution in [-0.2, 0) is 56.5 Å². The highest BCUT2D eigenvalue weighted by atomic mass is 16.5. The predicted molar refractivity (Wildman–Crippen MR) is 342 cm³/mol. The zero-order chi connectivity index (χ0) is 63.0. The third kappa shape index (κ3) is 8.19. The van der Waals surface area contributed by atoms with Gasteiger partial charge >= 0.3 is 29.8 Å². The molecular formula is C78H69NO11. The van der Waals surface area contributed by atoms with Crippen LogP contribution >= 0.6 is 0 Å². The van der Waals surface area contributed by atoms with E-state index in [0.29, 0.717) is 44.4 Å². The highest BCUT2D eigenvalue weighted by Crippen LogP contribution is 2.69. The van der Waals surface area contributed by atoms with Crippen LogP contribution in [0.4, 0.5) is 0 Å². The summed E-state index contributed by atoms with van der Waals surface area (Å²) >= 11 is 0. The van der Waals surface area contributed by atoms with Crippen molar-refractivity contribution in [3.8, 4) is 5.75 Å². The third-order valence-electron chi connectivity index (χ3n) is 21.1. The van der Waals surface area contributed by atoms with Crippen LogP contribution in [0, 0.1) is 6.92 Å². The second-order valence-electron chi connectivity index (χ2n) is 24.8. The Balaban J connectivity index is 0.000000124. The molecular weight excluding hydrogens is 1130 g/mol. The number of rotatable bonds is 17. The van der Waals surface area contributed by atoms with E-state index in [0.717, 1.165) is 72.3 Å². The Morgan fingerprint density at radius 1 is 0.300 bits per heavy atom. The monoisotopic (exact) mass is 1200 g/mol. The van der Waals surface area contributed by atoms with E-state index in [1.807, 2.05) is 72.8 Å². The Hall–Kier alpha value is -9.91. The van der Waals surface area contributed by atoms with Crippen LogP contribution in [-0.4, -0.2) is 69.0 Å². The average Bonchev–Trinajstić information content (AvgIpc) is 0.676. The largest absolute Gasteiger partial charge is 0.496 e. The highest BCUT2D eigenvalue weighted by Gasteiger charge is 2.62. The zero-order valence-electron chi connectivity index (χ0n) is 50.2. The second kappa shape index (κ2) is 22.3. The van der Waals surface area contributed by atoms with Gasteiger partial charge in [0.15, 0.2) is 0 Å². The van der Waals surface area contributed by atoms with Gasteiger partial charge in [0.05, 0.1) is 17.9 Å². The van der Waals surface area contributed by atoms with Gasteiger partial charge in [-0.3, -0.25) is 24.0 Å². The molecule has 0 aromatic heterocycles. The van der Waals surface area contributed by atoms with Gasteiger partial charge in [0.1, 0.15) is 5.75 Å². The first-order chi connectivity index (χ1) is 43.5. The first-order valence-electron chi connectivity index (χ1n) is 30.8. The van der Waals surface area contributed by atoms with Crippen LogP contribution in [0.15, 0.2) is 206 Å². The van der Waals surface area contributed by atoms with E-state index in [-0.39, 0.29) is 37.5 Å². The van der Waals surface area contributed by atoms with Gasteiger partial charge in [-0.2, -0.15) is 0 Å². The molecule has 0 unspecified atom stereocenters. The molecule has 0 radical (unpaired) electrons. The van der Waals surface area contributed by atoms with E-state index in [9.17, 15) is 49.5 Å². The minimum atomic E-state index is -0.846. The van der Waals surface area contributed by atoms with Gasteiger partial charge in [-0.15, -0.1) is 0 Å². The third-order valence-corrected chi connectivity index (χ3v) is 21.1. The Labute approximate surface area is 522 Å². The SMILES string of the molecule is COc1ccc(C)c2c1C1(CCC(=O)O)c3ccccc3C2(CCC(=O)O)c2ccccc21.NCC12c3ccccc3C(CCC(=O)O)(c3ccccc31)c1ccccc12.O=C(O)CCC12c3ccccc3C(CCC(=O)O)(c3ccccc31)c1ccccc12. The molecule has 7 N–H and O–H groups in total. The van der Waals surface area contributed by atoms with E-state index >= 15 is 0 Å². The summed E-state index contributed by atoms with van der Waals surface area (Å²) in [5.74, 6) is -3.37. The number of aliphatic carboxylic acids is 5. The van der Waals surface area contributed by atoms with Crippen LogP contribution < -0.4 is 10.5 Å². The topological polar surface area (TPSA) is 222 Å². The molecule has 90 heavy (non-hydrogen) atoms. The molecule has 0 amide bonds. The Kier molecular flexibility index (Phi) is 14.6. The number of ether oxygens (including phenoxy) is 1. The van der Waals surface area contributed by atoms with Crippen molar-refractivity contribution >= 4 is 29.8 Å². The normalized spacial score (nSPS) is 22.7. The molecule has 12 heteroatoms. The van der Waals surface area contributed by atoms with Crippen LogP contribution in [0.5, 0.6) is 5.75 Å². The van der Waals surface area contributed by atoms with Crippen molar-refractivity contribution in [3.05, 3.63) is 312 Å². The summed E-state index contributed by atoms with van der Waals surface area (Å²) in [6, 6.07) is 70.2. The number of carboxylic acids is 5. The van der Waals surface area contributed by atoms with Crippen molar-refractivity contribution in [2.45, 2.75) is 104 Å². The van der Waals surface area contributed by atoms with E-state index in [2.05, 4.69) is 140 Å². The lowest BCUT2D eigenvalue weighted by Crippen LogP contribution is -2.54. The first-order valence-corrected chi connectivity index (χ1v) is 30.8. The number of nitrogens with two attached hydrogens (primary N) is 1. The number of carbonyl (C=O) groups is 5. The Morgan fingerprint density at radius 2 is 0.489 bits per heavy atom. The molecule has 0 atom stereocenters. The van der Waals surface area contributed by atoms with E-state index < -0.39 is 56.9 Å². The summed E-state index contributed by atoms with van der Waals surface area (Å²) < 4.78 is 5.89.